The monoisotopic (exact) mass is 223 g/mol. The summed E-state index contributed by atoms with van der Waals surface area (Å²) in [5.74, 6) is 0.797. The van der Waals surface area contributed by atoms with Gasteiger partial charge >= 0.3 is 0 Å². The second kappa shape index (κ2) is 2.48. The van der Waals surface area contributed by atoms with Crippen LogP contribution >= 0.6 is 22.6 Å². The number of halogens is 1. The second-order valence-corrected chi connectivity index (χ2v) is 3.35. The Morgan fingerprint density at radius 1 is 1.88 bits per heavy atom. The summed E-state index contributed by atoms with van der Waals surface area (Å²) in [6.45, 7) is 2.03. The third-order valence-electron chi connectivity index (χ3n) is 0.792. The van der Waals surface area contributed by atoms with Gasteiger partial charge in [0.05, 0.1) is 10.1 Å². The van der Waals surface area contributed by atoms with E-state index < -0.39 is 0 Å². The lowest BCUT2D eigenvalue weighted by Crippen LogP contribution is -1.79. The van der Waals surface area contributed by atoms with Crippen LogP contribution in [0.25, 0.3) is 0 Å². The molecule has 44 valence electrons. The van der Waals surface area contributed by atoms with Crippen molar-refractivity contribution in [3.63, 3.8) is 0 Å². The normalized spacial score (nSPS) is 13.8. The zero-order chi connectivity index (χ0) is 5.98. The first-order chi connectivity index (χ1) is 3.80. The van der Waals surface area contributed by atoms with Crippen molar-refractivity contribution in [2.24, 2.45) is 0 Å². The van der Waals surface area contributed by atoms with Crippen molar-refractivity contribution in [3.8, 4) is 0 Å². The molecule has 0 saturated carbocycles. The molecule has 0 spiro atoms. The zero-order valence-electron chi connectivity index (χ0n) is 4.47. The van der Waals surface area contributed by atoms with E-state index in [1.807, 2.05) is 6.92 Å². The van der Waals surface area contributed by atoms with Crippen LogP contribution in [0.1, 0.15) is 16.7 Å². The highest BCUT2D eigenvalue weighted by Gasteiger charge is 2.02. The molecule has 0 aliphatic carbocycles. The molecule has 1 rings (SSSR count). The summed E-state index contributed by atoms with van der Waals surface area (Å²) in [7, 11) is 0. The largest absolute Gasteiger partial charge is 0.448 e. The number of rotatable bonds is 1. The molecule has 0 radical (unpaired) electrons. The average Bonchev–Trinajstić information content (AvgIpc) is 2.12. The summed E-state index contributed by atoms with van der Waals surface area (Å²) < 4.78 is 5.35. The molecule has 0 N–H and O–H groups in total. The molecular formula is C5H6INO. The Labute approximate surface area is 61.4 Å². The van der Waals surface area contributed by atoms with Gasteiger partial charge in [-0.1, -0.05) is 22.6 Å². The van der Waals surface area contributed by atoms with Crippen LogP contribution in [0.15, 0.2) is 16.9 Å². The van der Waals surface area contributed by atoms with E-state index in [-0.39, 0.29) is 0 Å². The van der Waals surface area contributed by atoms with Gasteiger partial charge in [0.15, 0.2) is 0 Å². The molecule has 1 heterocycles. The van der Waals surface area contributed by atoms with Gasteiger partial charge in [0, 0.05) is 0 Å². The van der Waals surface area contributed by atoms with Crippen LogP contribution in [0.2, 0.25) is 0 Å². The van der Waals surface area contributed by atoms with Crippen molar-refractivity contribution in [1.29, 1.82) is 0 Å². The number of hydrogen-bond acceptors (Lipinski definition) is 2. The molecule has 2 nitrogen and oxygen atoms in total. The van der Waals surface area contributed by atoms with Crippen LogP contribution < -0.4 is 0 Å². The Bertz CT molecular complexity index is 147. The van der Waals surface area contributed by atoms with Gasteiger partial charge in [-0.25, -0.2) is 4.98 Å². The van der Waals surface area contributed by atoms with Crippen LogP contribution in [0.3, 0.4) is 0 Å². The first-order valence-electron chi connectivity index (χ1n) is 2.34. The Kier molecular flexibility index (Phi) is 1.88. The molecule has 0 aromatic carbocycles. The third-order valence-corrected chi connectivity index (χ3v) is 1.32. The van der Waals surface area contributed by atoms with Crippen molar-refractivity contribution >= 4 is 22.6 Å². The fourth-order valence-corrected chi connectivity index (χ4v) is 0.739. The standard InChI is InChI=1S/C5H6INO/c1-4(6)5-7-2-3-8-5/h2-4H,1H3/t4-/m1/s1. The maximum Gasteiger partial charge on any atom is 0.206 e. The molecule has 0 unspecified atom stereocenters. The van der Waals surface area contributed by atoms with E-state index in [2.05, 4.69) is 27.6 Å². The minimum absolute atomic E-state index is 0.377. The lowest BCUT2D eigenvalue weighted by molar-refractivity contribution is 0.503. The van der Waals surface area contributed by atoms with E-state index in [4.69, 9.17) is 4.42 Å². The van der Waals surface area contributed by atoms with Gasteiger partial charge in [-0.3, -0.25) is 0 Å². The van der Waals surface area contributed by atoms with Gasteiger partial charge in [0.1, 0.15) is 6.26 Å². The molecule has 1 aromatic rings. The van der Waals surface area contributed by atoms with Crippen molar-refractivity contribution in [2.45, 2.75) is 10.8 Å². The molecule has 3 heteroatoms. The molecule has 0 aliphatic heterocycles. The van der Waals surface area contributed by atoms with Gasteiger partial charge in [0.2, 0.25) is 5.89 Å². The number of aromatic nitrogens is 1. The molecule has 1 aromatic heterocycles. The van der Waals surface area contributed by atoms with Gasteiger partial charge in [-0.15, -0.1) is 0 Å². The fraction of sp³-hybridized carbons (Fsp3) is 0.400. The quantitative estimate of drug-likeness (QED) is 0.538. The minimum atomic E-state index is 0.377. The Hall–Kier alpha value is -0.0600. The Morgan fingerprint density at radius 3 is 2.88 bits per heavy atom. The number of oxazole rings is 1. The van der Waals surface area contributed by atoms with Gasteiger partial charge < -0.3 is 4.42 Å². The molecule has 1 atom stereocenters. The Morgan fingerprint density at radius 2 is 2.62 bits per heavy atom. The van der Waals surface area contributed by atoms with E-state index >= 15 is 0 Å². The van der Waals surface area contributed by atoms with Crippen LogP contribution in [0.5, 0.6) is 0 Å². The van der Waals surface area contributed by atoms with Gasteiger partial charge in [-0.05, 0) is 6.92 Å². The van der Waals surface area contributed by atoms with Gasteiger partial charge in [-0.2, -0.15) is 0 Å². The van der Waals surface area contributed by atoms with Crippen LogP contribution in [-0.4, -0.2) is 4.98 Å². The topological polar surface area (TPSA) is 26.0 Å². The summed E-state index contributed by atoms with van der Waals surface area (Å²) in [4.78, 5) is 3.94. The summed E-state index contributed by atoms with van der Waals surface area (Å²) in [5.41, 5.74) is 0. The zero-order valence-corrected chi connectivity index (χ0v) is 6.62. The van der Waals surface area contributed by atoms with E-state index in [0.29, 0.717) is 3.92 Å². The van der Waals surface area contributed by atoms with Crippen molar-refractivity contribution in [1.82, 2.24) is 4.98 Å². The van der Waals surface area contributed by atoms with Crippen LogP contribution in [-0.2, 0) is 0 Å². The summed E-state index contributed by atoms with van der Waals surface area (Å²) in [6, 6.07) is 0. The molecule has 8 heavy (non-hydrogen) atoms. The number of alkyl halides is 1. The van der Waals surface area contributed by atoms with E-state index in [1.54, 1.807) is 12.5 Å². The summed E-state index contributed by atoms with van der Waals surface area (Å²) in [5, 5.41) is 0. The predicted octanol–water partition coefficient (Wildman–Crippen LogP) is 2.17. The molecular weight excluding hydrogens is 217 g/mol. The number of nitrogens with zero attached hydrogens (tertiary/aromatic N) is 1. The fourth-order valence-electron chi connectivity index (χ4n) is 0.431. The van der Waals surface area contributed by atoms with E-state index in [0.717, 1.165) is 5.89 Å². The van der Waals surface area contributed by atoms with Crippen molar-refractivity contribution in [2.75, 3.05) is 0 Å². The summed E-state index contributed by atoms with van der Waals surface area (Å²) in [6.07, 6.45) is 3.25. The van der Waals surface area contributed by atoms with Gasteiger partial charge in [0.25, 0.3) is 0 Å². The lowest BCUT2D eigenvalue weighted by Gasteiger charge is -1.90. The third kappa shape index (κ3) is 1.21. The molecule has 0 bridgehead atoms. The minimum Gasteiger partial charge on any atom is -0.448 e. The second-order valence-electron chi connectivity index (χ2n) is 1.49. The lowest BCUT2D eigenvalue weighted by atomic mass is 10.5. The highest BCUT2D eigenvalue weighted by atomic mass is 127. The van der Waals surface area contributed by atoms with Crippen LogP contribution in [0.4, 0.5) is 0 Å². The average molecular weight is 223 g/mol. The maximum absolute atomic E-state index is 4.98. The molecule has 0 saturated heterocycles. The number of hydrogen-bond donors (Lipinski definition) is 0. The highest BCUT2D eigenvalue weighted by Crippen LogP contribution is 2.18. The SMILES string of the molecule is C[C@@H](I)c1ncco1. The first kappa shape index (κ1) is 6.07. The van der Waals surface area contributed by atoms with Crippen molar-refractivity contribution < 1.29 is 4.42 Å². The first-order valence-corrected chi connectivity index (χ1v) is 3.58. The smallest absolute Gasteiger partial charge is 0.206 e. The van der Waals surface area contributed by atoms with Crippen LogP contribution in [0, 0.1) is 0 Å². The van der Waals surface area contributed by atoms with E-state index in [1.165, 1.54) is 0 Å². The molecule has 0 amide bonds. The Balaban J connectivity index is 2.77. The molecule has 0 fully saturated rings. The maximum atomic E-state index is 4.98. The predicted molar refractivity (Wildman–Crippen MR) is 38.9 cm³/mol. The molecule has 0 aliphatic rings. The van der Waals surface area contributed by atoms with E-state index in [9.17, 15) is 0 Å². The van der Waals surface area contributed by atoms with Crippen molar-refractivity contribution in [3.05, 3.63) is 18.4 Å². The highest BCUT2D eigenvalue weighted by molar-refractivity contribution is 14.1. The summed E-state index contributed by atoms with van der Waals surface area (Å²) >= 11 is 2.25.